The second-order valence-electron chi connectivity index (χ2n) is 4.15. The van der Waals surface area contributed by atoms with Crippen LogP contribution in [0.5, 0.6) is 0 Å². The number of hydrogen-bond acceptors (Lipinski definition) is 3. The number of para-hydroxylation sites is 1. The van der Waals surface area contributed by atoms with Crippen molar-refractivity contribution in [2.45, 2.75) is 6.92 Å². The van der Waals surface area contributed by atoms with Crippen LogP contribution in [-0.2, 0) is 9.09 Å². The van der Waals surface area contributed by atoms with Crippen molar-refractivity contribution in [3.05, 3.63) is 65.7 Å². The van der Waals surface area contributed by atoms with Crippen LogP contribution in [-0.4, -0.2) is 15.7 Å². The Kier molecular flexibility index (Phi) is 4.35. The zero-order chi connectivity index (χ0) is 14.6. The van der Waals surface area contributed by atoms with E-state index in [0.29, 0.717) is 11.3 Å². The molecule has 2 N–H and O–H groups in total. The SMILES string of the molecule is Cc1ccccc1N=C(OP(=O)(O)O)c1ccccc1. The van der Waals surface area contributed by atoms with Crippen LogP contribution in [0.3, 0.4) is 0 Å². The Morgan fingerprint density at radius 3 is 2.25 bits per heavy atom. The number of aliphatic imine (C=N–C) groups is 1. The van der Waals surface area contributed by atoms with E-state index in [-0.39, 0.29) is 5.90 Å². The lowest BCUT2D eigenvalue weighted by Crippen LogP contribution is -2.04. The molecule has 20 heavy (non-hydrogen) atoms. The van der Waals surface area contributed by atoms with Gasteiger partial charge in [-0.3, -0.25) is 9.79 Å². The Bertz CT molecular complexity index is 664. The van der Waals surface area contributed by atoms with Gasteiger partial charge in [0.25, 0.3) is 0 Å². The highest BCUT2D eigenvalue weighted by atomic mass is 31.2. The number of hydrogen-bond donors (Lipinski definition) is 2. The summed E-state index contributed by atoms with van der Waals surface area (Å²) in [7, 11) is -4.67. The Morgan fingerprint density at radius 2 is 1.65 bits per heavy atom. The number of nitrogens with zero attached hydrogens (tertiary/aromatic N) is 1. The molecule has 0 spiro atoms. The van der Waals surface area contributed by atoms with Gasteiger partial charge >= 0.3 is 7.82 Å². The molecular weight excluding hydrogens is 277 g/mol. The molecule has 2 aromatic carbocycles. The normalized spacial score (nSPS) is 12.2. The molecule has 0 aliphatic carbocycles. The van der Waals surface area contributed by atoms with Crippen molar-refractivity contribution >= 4 is 19.4 Å². The minimum absolute atomic E-state index is 0.103. The number of phosphoric ester groups is 1. The molecule has 0 atom stereocenters. The first-order valence-electron chi connectivity index (χ1n) is 5.90. The van der Waals surface area contributed by atoms with Gasteiger partial charge < -0.3 is 4.52 Å². The van der Waals surface area contributed by atoms with Gasteiger partial charge in [0.2, 0.25) is 5.90 Å². The molecule has 0 aromatic heterocycles. The lowest BCUT2D eigenvalue weighted by molar-refractivity contribution is 0.279. The molecule has 0 unspecified atom stereocenters. The predicted octanol–water partition coefficient (Wildman–Crippen LogP) is 3.18. The summed E-state index contributed by atoms with van der Waals surface area (Å²) in [5.74, 6) is -0.103. The van der Waals surface area contributed by atoms with Gasteiger partial charge in [-0.2, -0.15) is 0 Å². The minimum Gasteiger partial charge on any atom is -0.385 e. The maximum atomic E-state index is 11.1. The summed E-state index contributed by atoms with van der Waals surface area (Å²) in [5.41, 5.74) is 1.98. The number of aryl methyl sites for hydroxylation is 1. The lowest BCUT2D eigenvalue weighted by Gasteiger charge is -2.10. The monoisotopic (exact) mass is 291 g/mol. The second kappa shape index (κ2) is 6.01. The topological polar surface area (TPSA) is 79.1 Å². The summed E-state index contributed by atoms with van der Waals surface area (Å²) in [6.07, 6.45) is 0. The smallest absolute Gasteiger partial charge is 0.385 e. The first kappa shape index (κ1) is 14.5. The van der Waals surface area contributed by atoms with Crippen molar-refractivity contribution in [3.8, 4) is 0 Å². The van der Waals surface area contributed by atoms with Crippen molar-refractivity contribution in [3.63, 3.8) is 0 Å². The molecule has 0 heterocycles. The van der Waals surface area contributed by atoms with Gasteiger partial charge in [0.1, 0.15) is 0 Å². The predicted molar refractivity (Wildman–Crippen MR) is 76.9 cm³/mol. The van der Waals surface area contributed by atoms with E-state index in [1.807, 2.05) is 19.1 Å². The first-order valence-corrected chi connectivity index (χ1v) is 7.43. The van der Waals surface area contributed by atoms with E-state index in [0.717, 1.165) is 5.56 Å². The highest BCUT2D eigenvalue weighted by Crippen LogP contribution is 2.38. The fraction of sp³-hybridized carbons (Fsp3) is 0.0714. The molecule has 0 saturated heterocycles. The lowest BCUT2D eigenvalue weighted by atomic mass is 10.2. The van der Waals surface area contributed by atoms with Crippen LogP contribution >= 0.6 is 7.82 Å². The summed E-state index contributed by atoms with van der Waals surface area (Å²) in [5, 5.41) is 0. The zero-order valence-corrected chi connectivity index (χ0v) is 11.7. The fourth-order valence-electron chi connectivity index (χ4n) is 1.63. The molecule has 0 amide bonds. The molecule has 2 aromatic rings. The molecule has 5 nitrogen and oxygen atoms in total. The minimum atomic E-state index is -4.67. The Labute approximate surface area is 116 Å². The van der Waals surface area contributed by atoms with Crippen LogP contribution in [0.4, 0.5) is 5.69 Å². The van der Waals surface area contributed by atoms with E-state index in [1.54, 1.807) is 42.5 Å². The van der Waals surface area contributed by atoms with Gasteiger partial charge in [0.05, 0.1) is 5.69 Å². The standard InChI is InChI=1S/C14H14NO4P/c1-11-7-5-6-10-13(11)15-14(19-20(16,17)18)12-8-3-2-4-9-12/h2-10H,1H3,(H2,16,17,18). The van der Waals surface area contributed by atoms with Crippen molar-refractivity contribution in [1.29, 1.82) is 0 Å². The number of benzene rings is 2. The Balaban J connectivity index is 2.47. The Morgan fingerprint density at radius 1 is 1.05 bits per heavy atom. The highest BCUT2D eigenvalue weighted by molar-refractivity contribution is 7.47. The largest absolute Gasteiger partial charge is 0.526 e. The van der Waals surface area contributed by atoms with Gasteiger partial charge in [0.15, 0.2) is 0 Å². The van der Waals surface area contributed by atoms with Crippen molar-refractivity contribution < 1.29 is 18.9 Å². The van der Waals surface area contributed by atoms with E-state index in [4.69, 9.17) is 14.3 Å². The van der Waals surface area contributed by atoms with Gasteiger partial charge in [-0.05, 0) is 30.7 Å². The molecule has 6 heteroatoms. The average molecular weight is 291 g/mol. The van der Waals surface area contributed by atoms with Gasteiger partial charge in [-0.25, -0.2) is 9.56 Å². The van der Waals surface area contributed by atoms with Crippen LogP contribution in [0.15, 0.2) is 59.6 Å². The molecule has 0 radical (unpaired) electrons. The summed E-state index contributed by atoms with van der Waals surface area (Å²) in [6.45, 7) is 1.86. The van der Waals surface area contributed by atoms with E-state index >= 15 is 0 Å². The van der Waals surface area contributed by atoms with E-state index in [2.05, 4.69) is 4.99 Å². The second-order valence-corrected chi connectivity index (χ2v) is 5.32. The first-order chi connectivity index (χ1) is 9.46. The third-order valence-electron chi connectivity index (χ3n) is 2.56. The van der Waals surface area contributed by atoms with Crippen molar-refractivity contribution in [1.82, 2.24) is 0 Å². The van der Waals surface area contributed by atoms with E-state index < -0.39 is 7.82 Å². The Hall–Kier alpha value is -1.94. The molecule has 0 aliphatic heterocycles. The zero-order valence-electron chi connectivity index (χ0n) is 10.8. The van der Waals surface area contributed by atoms with Crippen molar-refractivity contribution in [2.24, 2.45) is 4.99 Å². The molecule has 2 rings (SSSR count). The molecule has 104 valence electrons. The van der Waals surface area contributed by atoms with E-state index in [1.165, 1.54) is 0 Å². The third kappa shape index (κ3) is 4.03. The van der Waals surface area contributed by atoms with Crippen LogP contribution in [0.1, 0.15) is 11.1 Å². The maximum absolute atomic E-state index is 11.1. The summed E-state index contributed by atoms with van der Waals surface area (Å²) in [6, 6.07) is 15.9. The molecule has 0 fully saturated rings. The van der Waals surface area contributed by atoms with Crippen LogP contribution in [0, 0.1) is 6.92 Å². The summed E-state index contributed by atoms with van der Waals surface area (Å²) < 4.78 is 15.8. The number of rotatable bonds is 3. The van der Waals surface area contributed by atoms with Gasteiger partial charge in [-0.15, -0.1) is 0 Å². The molecule has 0 saturated carbocycles. The maximum Gasteiger partial charge on any atom is 0.526 e. The third-order valence-corrected chi connectivity index (χ3v) is 2.97. The molecular formula is C14H14NO4P. The van der Waals surface area contributed by atoms with Gasteiger partial charge in [-0.1, -0.05) is 36.4 Å². The average Bonchev–Trinajstić information content (AvgIpc) is 2.40. The highest BCUT2D eigenvalue weighted by Gasteiger charge is 2.20. The van der Waals surface area contributed by atoms with E-state index in [9.17, 15) is 4.57 Å². The fourth-order valence-corrected chi connectivity index (χ4v) is 2.00. The molecule has 0 aliphatic rings. The summed E-state index contributed by atoms with van der Waals surface area (Å²) in [4.78, 5) is 22.2. The van der Waals surface area contributed by atoms with Crippen molar-refractivity contribution in [2.75, 3.05) is 0 Å². The molecule has 0 bridgehead atoms. The van der Waals surface area contributed by atoms with Gasteiger partial charge in [0, 0.05) is 5.56 Å². The number of phosphoric acid groups is 1. The quantitative estimate of drug-likeness (QED) is 0.517. The van der Waals surface area contributed by atoms with Crippen LogP contribution < -0.4 is 0 Å². The van der Waals surface area contributed by atoms with Crippen LogP contribution in [0.2, 0.25) is 0 Å². The van der Waals surface area contributed by atoms with Crippen LogP contribution in [0.25, 0.3) is 0 Å². The summed E-state index contributed by atoms with van der Waals surface area (Å²) >= 11 is 0.